The van der Waals surface area contributed by atoms with Crippen molar-refractivity contribution in [2.45, 2.75) is 12.6 Å². The van der Waals surface area contributed by atoms with Gasteiger partial charge in [-0.05, 0) is 35.2 Å². The number of hydrogen-bond acceptors (Lipinski definition) is 4. The molecule has 0 spiro atoms. The van der Waals surface area contributed by atoms with E-state index in [1.807, 2.05) is 22.4 Å². The average molecular weight is 310 g/mol. The van der Waals surface area contributed by atoms with Crippen LogP contribution in [-0.2, 0) is 6.54 Å². The van der Waals surface area contributed by atoms with Crippen LogP contribution in [-0.4, -0.2) is 17.4 Å². The van der Waals surface area contributed by atoms with Gasteiger partial charge in [-0.15, -0.1) is 11.3 Å². The summed E-state index contributed by atoms with van der Waals surface area (Å²) >= 11 is 7.59. The lowest BCUT2D eigenvalue weighted by Gasteiger charge is -2.26. The van der Waals surface area contributed by atoms with E-state index in [9.17, 15) is 4.39 Å². The van der Waals surface area contributed by atoms with E-state index in [1.54, 1.807) is 17.4 Å². The summed E-state index contributed by atoms with van der Waals surface area (Å²) in [5.41, 5.74) is 6.75. The molecule has 1 aromatic heterocycles. The predicted octanol–water partition coefficient (Wildman–Crippen LogP) is 3.41. The molecule has 0 amide bonds. The zero-order chi connectivity index (χ0) is 14.1. The molecule has 0 aliphatic carbocycles. The molecule has 1 aliphatic rings. The van der Waals surface area contributed by atoms with Crippen LogP contribution in [0.25, 0.3) is 0 Å². The minimum absolute atomic E-state index is 0.0645. The summed E-state index contributed by atoms with van der Waals surface area (Å²) in [5.74, 6) is 0.151. The van der Waals surface area contributed by atoms with Crippen molar-refractivity contribution in [3.05, 3.63) is 57.0 Å². The molecule has 0 fully saturated rings. The largest absolute Gasteiger partial charge is 0.370 e. The Morgan fingerprint density at radius 2 is 2.30 bits per heavy atom. The number of halogens is 2. The fourth-order valence-corrected chi connectivity index (χ4v) is 3.28. The van der Waals surface area contributed by atoms with Crippen LogP contribution < -0.4 is 5.73 Å². The lowest BCUT2D eigenvalue weighted by atomic mass is 10.1. The van der Waals surface area contributed by atoms with Crippen LogP contribution in [0.1, 0.15) is 16.5 Å². The predicted molar refractivity (Wildman–Crippen MR) is 80.5 cm³/mol. The third-order valence-electron chi connectivity index (χ3n) is 3.27. The van der Waals surface area contributed by atoms with Crippen molar-refractivity contribution in [3.63, 3.8) is 0 Å². The average Bonchev–Trinajstić information content (AvgIpc) is 3.00. The van der Waals surface area contributed by atoms with Gasteiger partial charge in [0.1, 0.15) is 5.82 Å². The summed E-state index contributed by atoms with van der Waals surface area (Å²) in [7, 11) is 0. The number of benzene rings is 1. The molecule has 0 saturated carbocycles. The number of nitrogens with zero attached hydrogens (tertiary/aromatic N) is 2. The number of guanidine groups is 1. The van der Waals surface area contributed by atoms with Gasteiger partial charge in [0.2, 0.25) is 0 Å². The molecule has 0 radical (unpaired) electrons. The first-order valence-electron chi connectivity index (χ1n) is 6.18. The summed E-state index contributed by atoms with van der Waals surface area (Å²) in [6.45, 7) is 1.20. The number of rotatable bonds is 3. The van der Waals surface area contributed by atoms with Crippen LogP contribution in [0, 0.1) is 5.82 Å². The van der Waals surface area contributed by atoms with Gasteiger partial charge in [-0.2, -0.15) is 0 Å². The van der Waals surface area contributed by atoms with E-state index in [4.69, 9.17) is 17.3 Å². The van der Waals surface area contributed by atoms with Gasteiger partial charge in [-0.1, -0.05) is 17.7 Å². The molecule has 2 heterocycles. The lowest BCUT2D eigenvalue weighted by Crippen LogP contribution is -2.35. The monoisotopic (exact) mass is 309 g/mol. The maximum atomic E-state index is 13.5. The first kappa shape index (κ1) is 13.4. The Hall–Kier alpha value is -1.59. The number of aliphatic imine (C=N–C) groups is 1. The Labute approximate surface area is 125 Å². The molecule has 20 heavy (non-hydrogen) atoms. The molecule has 1 aromatic carbocycles. The zero-order valence-corrected chi connectivity index (χ0v) is 12.2. The van der Waals surface area contributed by atoms with E-state index in [0.29, 0.717) is 24.1 Å². The van der Waals surface area contributed by atoms with Gasteiger partial charge < -0.3 is 10.6 Å². The molecular weight excluding hydrogens is 297 g/mol. The molecule has 0 bridgehead atoms. The minimum atomic E-state index is -0.339. The van der Waals surface area contributed by atoms with Crippen LogP contribution in [0.5, 0.6) is 0 Å². The molecule has 3 rings (SSSR count). The van der Waals surface area contributed by atoms with Crippen LogP contribution in [0.4, 0.5) is 4.39 Å². The Morgan fingerprint density at radius 3 is 3.00 bits per heavy atom. The number of thiophene rings is 1. The first-order chi connectivity index (χ1) is 9.63. The molecule has 104 valence electrons. The van der Waals surface area contributed by atoms with Gasteiger partial charge in [0, 0.05) is 9.90 Å². The third kappa shape index (κ3) is 2.64. The van der Waals surface area contributed by atoms with Crippen molar-refractivity contribution in [1.29, 1.82) is 0 Å². The second-order valence-electron chi connectivity index (χ2n) is 4.62. The molecule has 3 nitrogen and oxygen atoms in total. The third-order valence-corrected chi connectivity index (χ3v) is 4.35. The van der Waals surface area contributed by atoms with Crippen molar-refractivity contribution in [3.8, 4) is 0 Å². The highest BCUT2D eigenvalue weighted by atomic mass is 35.5. The highest BCUT2D eigenvalue weighted by molar-refractivity contribution is 7.09. The smallest absolute Gasteiger partial charge is 0.192 e. The second-order valence-corrected chi connectivity index (χ2v) is 6.09. The molecular formula is C14H13ClFN3S. The van der Waals surface area contributed by atoms with Crippen molar-refractivity contribution < 1.29 is 4.39 Å². The van der Waals surface area contributed by atoms with Crippen molar-refractivity contribution >= 4 is 28.9 Å². The first-order valence-corrected chi connectivity index (χ1v) is 7.44. The van der Waals surface area contributed by atoms with Crippen LogP contribution >= 0.6 is 22.9 Å². The van der Waals surface area contributed by atoms with E-state index < -0.39 is 0 Å². The van der Waals surface area contributed by atoms with Crippen molar-refractivity contribution in [2.24, 2.45) is 10.7 Å². The van der Waals surface area contributed by atoms with E-state index in [2.05, 4.69) is 4.99 Å². The highest BCUT2D eigenvalue weighted by Gasteiger charge is 2.28. The fraction of sp³-hybridized carbons (Fsp3) is 0.214. The molecule has 2 aromatic rings. The molecule has 2 N–H and O–H groups in total. The standard InChI is InChI=1S/C14H13ClFN3S/c15-10-4-9(5-11(16)6-10)13-7-18-14(17)19(13)8-12-2-1-3-20-12/h1-6,13H,7-8H2,(H2,17,18). The highest BCUT2D eigenvalue weighted by Crippen LogP contribution is 2.30. The van der Waals surface area contributed by atoms with E-state index >= 15 is 0 Å². The quantitative estimate of drug-likeness (QED) is 0.944. The normalized spacial score (nSPS) is 18.4. The molecule has 6 heteroatoms. The maximum Gasteiger partial charge on any atom is 0.192 e. The second kappa shape index (κ2) is 5.42. The van der Waals surface area contributed by atoms with Gasteiger partial charge in [-0.25, -0.2) is 4.39 Å². The van der Waals surface area contributed by atoms with Gasteiger partial charge in [0.15, 0.2) is 5.96 Å². The van der Waals surface area contributed by atoms with Gasteiger partial charge >= 0.3 is 0 Å². The minimum Gasteiger partial charge on any atom is -0.370 e. The summed E-state index contributed by atoms with van der Waals surface area (Å²) in [5, 5.41) is 2.41. The molecule has 1 unspecified atom stereocenters. The van der Waals surface area contributed by atoms with Gasteiger partial charge in [-0.3, -0.25) is 4.99 Å². The zero-order valence-electron chi connectivity index (χ0n) is 10.6. The van der Waals surface area contributed by atoms with E-state index in [1.165, 1.54) is 17.0 Å². The summed E-state index contributed by atoms with van der Waals surface area (Å²) < 4.78 is 13.5. The van der Waals surface area contributed by atoms with Gasteiger partial charge in [0.05, 0.1) is 19.1 Å². The Morgan fingerprint density at radius 1 is 1.45 bits per heavy atom. The van der Waals surface area contributed by atoms with Crippen LogP contribution in [0.15, 0.2) is 40.7 Å². The van der Waals surface area contributed by atoms with E-state index in [0.717, 1.165) is 5.56 Å². The lowest BCUT2D eigenvalue weighted by molar-refractivity contribution is 0.342. The van der Waals surface area contributed by atoms with E-state index in [-0.39, 0.29) is 11.9 Å². The van der Waals surface area contributed by atoms with Crippen molar-refractivity contribution in [1.82, 2.24) is 4.90 Å². The van der Waals surface area contributed by atoms with Gasteiger partial charge in [0.25, 0.3) is 0 Å². The van der Waals surface area contributed by atoms with Crippen molar-refractivity contribution in [2.75, 3.05) is 6.54 Å². The maximum absolute atomic E-state index is 13.5. The number of hydrogen-bond donors (Lipinski definition) is 1. The Bertz CT molecular complexity index is 622. The summed E-state index contributed by atoms with van der Waals surface area (Å²) in [6, 6.07) is 8.54. The fourth-order valence-electron chi connectivity index (χ4n) is 2.34. The molecule has 0 saturated heterocycles. The number of nitrogens with two attached hydrogens (primary N) is 1. The van der Waals surface area contributed by atoms with Crippen LogP contribution in [0.2, 0.25) is 5.02 Å². The SMILES string of the molecule is NC1=NCC(c2cc(F)cc(Cl)c2)N1Cc1cccs1. The topological polar surface area (TPSA) is 41.6 Å². The Balaban J connectivity index is 1.88. The van der Waals surface area contributed by atoms with Crippen LogP contribution in [0.3, 0.4) is 0 Å². The summed E-state index contributed by atoms with van der Waals surface area (Å²) in [4.78, 5) is 7.45. The summed E-state index contributed by atoms with van der Waals surface area (Å²) in [6.07, 6.45) is 0. The molecule has 1 atom stereocenters. The molecule has 1 aliphatic heterocycles. The Kier molecular flexibility index (Phi) is 3.63.